The zero-order valence-electron chi connectivity index (χ0n) is 7.42. The van der Waals surface area contributed by atoms with Crippen LogP contribution in [0.15, 0.2) is 22.4 Å². The van der Waals surface area contributed by atoms with E-state index < -0.39 is 6.43 Å². The third-order valence-corrected chi connectivity index (χ3v) is 3.67. The van der Waals surface area contributed by atoms with Gasteiger partial charge in [0.15, 0.2) is 0 Å². The van der Waals surface area contributed by atoms with Crippen molar-refractivity contribution in [3.63, 3.8) is 0 Å². The maximum atomic E-state index is 12.8. The summed E-state index contributed by atoms with van der Waals surface area (Å²) in [6.07, 6.45) is -2.43. The molecule has 1 aromatic heterocycles. The fourth-order valence-corrected chi connectivity index (χ4v) is 2.72. The summed E-state index contributed by atoms with van der Waals surface area (Å²) < 4.78 is 26.3. The Morgan fingerprint density at radius 1 is 1.43 bits per heavy atom. The summed E-state index contributed by atoms with van der Waals surface area (Å²) >= 11 is 5.54. The zero-order valence-corrected chi connectivity index (χ0v) is 9.13. The van der Waals surface area contributed by atoms with E-state index in [0.29, 0.717) is 15.2 Å². The number of benzene rings is 1. The Kier molecular flexibility index (Phi) is 2.49. The van der Waals surface area contributed by atoms with Gasteiger partial charge in [0.25, 0.3) is 6.43 Å². The van der Waals surface area contributed by atoms with Gasteiger partial charge in [0.1, 0.15) is 0 Å². The molecule has 0 saturated heterocycles. The molecule has 0 saturated carbocycles. The van der Waals surface area contributed by atoms with Crippen LogP contribution < -0.4 is 0 Å². The van der Waals surface area contributed by atoms with Gasteiger partial charge in [0.05, 0.1) is 0 Å². The number of alkyl halides is 2. The van der Waals surface area contributed by atoms with Crippen molar-refractivity contribution in [2.24, 2.45) is 0 Å². The maximum absolute atomic E-state index is 12.8. The lowest BCUT2D eigenvalue weighted by molar-refractivity contribution is 0.152. The van der Waals surface area contributed by atoms with Crippen LogP contribution in [0.4, 0.5) is 8.78 Å². The van der Waals surface area contributed by atoms with Gasteiger partial charge < -0.3 is 0 Å². The molecule has 4 heteroatoms. The molecule has 0 bridgehead atoms. The first-order chi connectivity index (χ1) is 6.61. The average Bonchev–Trinajstić information content (AvgIpc) is 2.52. The highest BCUT2D eigenvalue weighted by Crippen LogP contribution is 2.37. The molecular weight excluding hydrogens is 222 g/mol. The molecular formula is C10H8F2S2. The minimum atomic E-state index is -2.43. The highest BCUT2D eigenvalue weighted by atomic mass is 32.1. The van der Waals surface area contributed by atoms with Gasteiger partial charge in [0.2, 0.25) is 0 Å². The molecule has 0 aliphatic heterocycles. The van der Waals surface area contributed by atoms with Crippen LogP contribution in [0.2, 0.25) is 0 Å². The molecule has 0 aliphatic carbocycles. The lowest BCUT2D eigenvalue weighted by Gasteiger charge is -2.08. The summed E-state index contributed by atoms with van der Waals surface area (Å²) in [5.41, 5.74) is 0.709. The molecule has 14 heavy (non-hydrogen) atoms. The van der Waals surface area contributed by atoms with Crippen LogP contribution in [0.3, 0.4) is 0 Å². The number of rotatable bonds is 1. The van der Waals surface area contributed by atoms with Gasteiger partial charge >= 0.3 is 0 Å². The second-order valence-corrected chi connectivity index (χ2v) is 4.47. The highest BCUT2D eigenvalue weighted by molar-refractivity contribution is 7.80. The minimum absolute atomic E-state index is 0.127. The third kappa shape index (κ3) is 1.42. The number of hydrogen-bond acceptors (Lipinski definition) is 2. The van der Waals surface area contributed by atoms with Crippen LogP contribution in [0.5, 0.6) is 0 Å². The van der Waals surface area contributed by atoms with E-state index in [1.165, 1.54) is 11.3 Å². The molecule has 0 atom stereocenters. The molecule has 0 aliphatic rings. The summed E-state index contributed by atoms with van der Waals surface area (Å²) in [6.45, 7) is 1.68. The predicted octanol–water partition coefficient (Wildman–Crippen LogP) is 4.44. The Balaban J connectivity index is 2.86. The van der Waals surface area contributed by atoms with Gasteiger partial charge in [-0.1, -0.05) is 0 Å². The number of fused-ring (bicyclic) bond motifs is 1. The van der Waals surface area contributed by atoms with Crippen LogP contribution in [-0.2, 0) is 0 Å². The molecule has 0 amide bonds. The number of hydrogen-bond donors (Lipinski definition) is 1. The van der Waals surface area contributed by atoms with Crippen LogP contribution in [0.25, 0.3) is 10.1 Å². The topological polar surface area (TPSA) is 0 Å². The summed E-state index contributed by atoms with van der Waals surface area (Å²) in [4.78, 5) is 0.631. The largest absolute Gasteiger partial charge is 0.265 e. The Labute approximate surface area is 90.0 Å². The summed E-state index contributed by atoms with van der Waals surface area (Å²) in [5.74, 6) is 0. The molecule has 0 unspecified atom stereocenters. The first-order valence-electron chi connectivity index (χ1n) is 4.09. The lowest BCUT2D eigenvalue weighted by Crippen LogP contribution is -1.91. The smallest absolute Gasteiger partial charge is 0.205 e. The molecule has 2 aromatic rings. The van der Waals surface area contributed by atoms with Crippen molar-refractivity contribution in [2.75, 3.05) is 0 Å². The molecule has 0 spiro atoms. The van der Waals surface area contributed by atoms with Crippen molar-refractivity contribution < 1.29 is 8.78 Å². The van der Waals surface area contributed by atoms with E-state index in [2.05, 4.69) is 12.6 Å². The van der Waals surface area contributed by atoms with Crippen LogP contribution >= 0.6 is 24.0 Å². The van der Waals surface area contributed by atoms with Gasteiger partial charge in [-0.05, 0) is 35.4 Å². The van der Waals surface area contributed by atoms with E-state index in [1.54, 1.807) is 6.92 Å². The zero-order chi connectivity index (χ0) is 10.3. The van der Waals surface area contributed by atoms with Gasteiger partial charge in [-0.3, -0.25) is 0 Å². The summed E-state index contributed by atoms with van der Waals surface area (Å²) in [6, 6.07) is 3.67. The lowest BCUT2D eigenvalue weighted by atomic mass is 10.1. The maximum Gasteiger partial charge on any atom is 0.265 e. The van der Waals surface area contributed by atoms with E-state index in [-0.39, 0.29) is 5.56 Å². The molecule has 1 aromatic carbocycles. The normalized spacial score (nSPS) is 11.5. The number of halogens is 2. The fourth-order valence-electron chi connectivity index (χ4n) is 1.48. The van der Waals surface area contributed by atoms with Crippen LogP contribution in [0.1, 0.15) is 17.6 Å². The molecule has 1 heterocycles. The Morgan fingerprint density at radius 2 is 2.14 bits per heavy atom. The molecule has 0 radical (unpaired) electrons. The van der Waals surface area contributed by atoms with E-state index in [9.17, 15) is 8.78 Å². The molecule has 74 valence electrons. The van der Waals surface area contributed by atoms with Gasteiger partial charge in [-0.15, -0.1) is 24.0 Å². The van der Waals surface area contributed by atoms with E-state index >= 15 is 0 Å². The van der Waals surface area contributed by atoms with Crippen molar-refractivity contribution in [3.05, 3.63) is 28.6 Å². The summed E-state index contributed by atoms with van der Waals surface area (Å²) in [7, 11) is 0. The van der Waals surface area contributed by atoms with Gasteiger partial charge in [-0.25, -0.2) is 8.78 Å². The van der Waals surface area contributed by atoms with Crippen molar-refractivity contribution in [1.29, 1.82) is 0 Å². The van der Waals surface area contributed by atoms with Crippen molar-refractivity contribution >= 4 is 34.1 Å². The molecule has 0 fully saturated rings. The Bertz CT molecular complexity index is 474. The van der Waals surface area contributed by atoms with Gasteiger partial charge in [0, 0.05) is 15.2 Å². The standard InChI is InChI=1S/C10H8F2S2/c1-5-7(13)4-6-2-3-14-9(6)8(5)10(11)12/h2-4,10,13H,1H3. The van der Waals surface area contributed by atoms with Gasteiger partial charge in [-0.2, -0.15) is 0 Å². The van der Waals surface area contributed by atoms with Crippen molar-refractivity contribution in [3.8, 4) is 0 Å². The second kappa shape index (κ2) is 3.51. The summed E-state index contributed by atoms with van der Waals surface area (Å²) in [5, 5.41) is 2.67. The predicted molar refractivity (Wildman–Crippen MR) is 58.8 cm³/mol. The minimum Gasteiger partial charge on any atom is -0.205 e. The van der Waals surface area contributed by atoms with E-state index in [0.717, 1.165) is 5.39 Å². The Morgan fingerprint density at radius 3 is 2.79 bits per heavy atom. The number of thiophene rings is 1. The SMILES string of the molecule is Cc1c(S)cc2ccsc2c1C(F)F. The monoisotopic (exact) mass is 230 g/mol. The quantitative estimate of drug-likeness (QED) is 0.688. The second-order valence-electron chi connectivity index (χ2n) is 3.07. The van der Waals surface area contributed by atoms with E-state index in [4.69, 9.17) is 0 Å². The molecule has 0 N–H and O–H groups in total. The van der Waals surface area contributed by atoms with E-state index in [1.807, 2.05) is 17.5 Å². The fraction of sp³-hybridized carbons (Fsp3) is 0.200. The molecule has 2 rings (SSSR count). The number of thiol groups is 1. The highest BCUT2D eigenvalue weighted by Gasteiger charge is 2.17. The van der Waals surface area contributed by atoms with Crippen LogP contribution in [-0.4, -0.2) is 0 Å². The van der Waals surface area contributed by atoms with Crippen molar-refractivity contribution in [1.82, 2.24) is 0 Å². The first kappa shape index (κ1) is 9.93. The molecule has 0 nitrogen and oxygen atoms in total. The average molecular weight is 230 g/mol. The van der Waals surface area contributed by atoms with Crippen LogP contribution in [0, 0.1) is 6.92 Å². The van der Waals surface area contributed by atoms with Crippen molar-refractivity contribution in [2.45, 2.75) is 18.2 Å². The Hall–Kier alpha value is -0.610. The third-order valence-electron chi connectivity index (χ3n) is 2.24. The first-order valence-corrected chi connectivity index (χ1v) is 5.41.